The summed E-state index contributed by atoms with van der Waals surface area (Å²) in [5.74, 6) is 0.448. The fourth-order valence-corrected chi connectivity index (χ4v) is 8.09. The summed E-state index contributed by atoms with van der Waals surface area (Å²) in [6.45, 7) is 13.7. The van der Waals surface area contributed by atoms with Crippen molar-refractivity contribution in [1.82, 2.24) is 0 Å². The highest BCUT2D eigenvalue weighted by Crippen LogP contribution is 2.61. The van der Waals surface area contributed by atoms with Gasteiger partial charge in [-0.3, -0.25) is 0 Å². The Kier molecular flexibility index (Phi) is 5.64. The van der Waals surface area contributed by atoms with E-state index >= 15 is 0 Å². The first-order valence-corrected chi connectivity index (χ1v) is 13.9. The first-order chi connectivity index (χ1) is 17.6. The van der Waals surface area contributed by atoms with Crippen molar-refractivity contribution in [2.45, 2.75) is 41.5 Å². The maximum Gasteiger partial charge on any atom is 0.0447 e. The Morgan fingerprint density at radius 1 is 0.541 bits per heavy atom. The first-order valence-electron chi connectivity index (χ1n) is 13.1. The predicted octanol–water partition coefficient (Wildman–Crippen LogP) is 9.47. The van der Waals surface area contributed by atoms with E-state index in [0.717, 1.165) is 9.73 Å². The van der Waals surface area contributed by atoms with Gasteiger partial charge in [0.05, 0.1) is 0 Å². The molecule has 4 aliphatic rings. The van der Waals surface area contributed by atoms with Crippen LogP contribution in [-0.2, 0) is 0 Å². The predicted molar refractivity (Wildman–Crippen MR) is 166 cm³/mol. The van der Waals surface area contributed by atoms with Crippen LogP contribution in [0.15, 0.2) is 117 Å². The number of thiocarbonyl (C=S) groups is 2. The Morgan fingerprint density at radius 3 is 1.24 bits per heavy atom. The minimum Gasteiger partial charge on any atom is -0.0795 e. The van der Waals surface area contributed by atoms with Gasteiger partial charge in [0.1, 0.15) is 0 Å². The zero-order valence-electron chi connectivity index (χ0n) is 22.4. The number of benzene rings is 2. The zero-order chi connectivity index (χ0) is 26.2. The van der Waals surface area contributed by atoms with Crippen molar-refractivity contribution in [3.05, 3.63) is 129 Å². The standard InChI is InChI=1S/C35H32S2/c1-19-17-25-27(33(19)36)21(3)31(29(25)23-13-9-7-10-14-23)35(5,6)32-22(4)28-26(18-20(2)34(28)37)30(32)24-15-11-8-12-16-24/h7-18,25-26H,1-6H3. The van der Waals surface area contributed by atoms with Crippen molar-refractivity contribution in [3.8, 4) is 0 Å². The maximum absolute atomic E-state index is 5.99. The van der Waals surface area contributed by atoms with Crippen molar-refractivity contribution in [2.75, 3.05) is 0 Å². The molecule has 2 atom stereocenters. The highest BCUT2D eigenvalue weighted by Gasteiger charge is 2.48. The minimum atomic E-state index is -0.242. The number of rotatable bonds is 4. The van der Waals surface area contributed by atoms with E-state index in [0.29, 0.717) is 0 Å². The van der Waals surface area contributed by atoms with Crippen LogP contribution in [0.3, 0.4) is 0 Å². The third-order valence-corrected chi connectivity index (χ3v) is 9.88. The molecule has 0 aliphatic heterocycles. The molecule has 0 amide bonds. The second-order valence-corrected chi connectivity index (χ2v) is 12.1. The first kappa shape index (κ1) is 24.4. The van der Waals surface area contributed by atoms with Crippen molar-refractivity contribution in [3.63, 3.8) is 0 Å². The SMILES string of the molecule is CC1=CC2C(=C(C)C(C(C)(C)C3=C(c4ccccc4)C4C=C(C)C(=S)C4=C3C)=C2c2ccccc2)C1=S. The fourth-order valence-electron chi connectivity index (χ4n) is 7.39. The van der Waals surface area contributed by atoms with Crippen LogP contribution in [0.5, 0.6) is 0 Å². The van der Waals surface area contributed by atoms with Crippen LogP contribution < -0.4 is 0 Å². The zero-order valence-corrected chi connectivity index (χ0v) is 24.0. The quantitative estimate of drug-likeness (QED) is 0.371. The number of hydrogen-bond donors (Lipinski definition) is 0. The molecule has 0 saturated carbocycles. The largest absolute Gasteiger partial charge is 0.0795 e. The molecule has 0 radical (unpaired) electrons. The molecule has 0 N–H and O–H groups in total. The van der Waals surface area contributed by atoms with E-state index in [1.54, 1.807) is 0 Å². The van der Waals surface area contributed by atoms with Gasteiger partial charge in [-0.25, -0.2) is 0 Å². The lowest BCUT2D eigenvalue weighted by molar-refractivity contribution is 0.557. The molecule has 184 valence electrons. The topological polar surface area (TPSA) is 0 Å². The highest BCUT2D eigenvalue weighted by molar-refractivity contribution is 7.81. The van der Waals surface area contributed by atoms with Gasteiger partial charge in [-0.15, -0.1) is 0 Å². The molecule has 37 heavy (non-hydrogen) atoms. The Hall–Kier alpha value is -2.94. The summed E-state index contributed by atoms with van der Waals surface area (Å²) in [4.78, 5) is 2.05. The van der Waals surface area contributed by atoms with Crippen LogP contribution in [0.25, 0.3) is 11.1 Å². The number of fused-ring (bicyclic) bond motifs is 2. The van der Waals surface area contributed by atoms with E-state index in [-0.39, 0.29) is 17.3 Å². The number of allylic oxidation sites excluding steroid dienone is 12. The van der Waals surface area contributed by atoms with E-state index < -0.39 is 0 Å². The molecule has 4 aliphatic carbocycles. The summed E-state index contributed by atoms with van der Waals surface area (Å²) >= 11 is 12.0. The fraction of sp³-hybridized carbons (Fsp3) is 0.257. The van der Waals surface area contributed by atoms with Gasteiger partial charge in [-0.1, -0.05) is 111 Å². The summed E-state index contributed by atoms with van der Waals surface area (Å²) in [6, 6.07) is 21.8. The molecule has 2 unspecified atom stereocenters. The molecule has 2 aromatic carbocycles. The minimum absolute atomic E-state index is 0.224. The molecule has 0 saturated heterocycles. The van der Waals surface area contributed by atoms with Crippen LogP contribution in [0, 0.1) is 17.3 Å². The van der Waals surface area contributed by atoms with E-state index in [4.69, 9.17) is 24.4 Å². The summed E-state index contributed by atoms with van der Waals surface area (Å²) in [5.41, 5.74) is 15.8. The highest BCUT2D eigenvalue weighted by atomic mass is 32.1. The summed E-state index contributed by atoms with van der Waals surface area (Å²) in [6.07, 6.45) is 4.77. The van der Waals surface area contributed by atoms with Gasteiger partial charge < -0.3 is 0 Å². The normalized spacial score (nSPS) is 23.4. The van der Waals surface area contributed by atoms with Gasteiger partial charge in [0.25, 0.3) is 0 Å². The van der Waals surface area contributed by atoms with Gasteiger partial charge in [-0.05, 0) is 94.6 Å². The van der Waals surface area contributed by atoms with Gasteiger partial charge in [0, 0.05) is 27.0 Å². The summed E-state index contributed by atoms with van der Waals surface area (Å²) in [5, 5.41) is 0. The Morgan fingerprint density at radius 2 is 0.892 bits per heavy atom. The van der Waals surface area contributed by atoms with Crippen LogP contribution in [-0.4, -0.2) is 9.73 Å². The van der Waals surface area contributed by atoms with Crippen molar-refractivity contribution in [2.24, 2.45) is 17.3 Å². The van der Waals surface area contributed by atoms with Gasteiger partial charge in [0.2, 0.25) is 0 Å². The second-order valence-electron chi connectivity index (χ2n) is 11.3. The average Bonchev–Trinajstić information content (AvgIpc) is 3.55. The lowest BCUT2D eigenvalue weighted by Gasteiger charge is -2.34. The van der Waals surface area contributed by atoms with E-state index in [9.17, 15) is 0 Å². The molecule has 2 heteroatoms. The molecule has 2 aromatic rings. The number of hydrogen-bond acceptors (Lipinski definition) is 2. The van der Waals surface area contributed by atoms with Crippen LogP contribution in [0.1, 0.15) is 52.7 Å². The molecule has 6 rings (SSSR count). The van der Waals surface area contributed by atoms with Crippen molar-refractivity contribution in [1.29, 1.82) is 0 Å². The second kappa shape index (κ2) is 8.55. The summed E-state index contributed by atoms with van der Waals surface area (Å²) in [7, 11) is 0. The average molecular weight is 517 g/mol. The smallest absolute Gasteiger partial charge is 0.0447 e. The molecule has 0 nitrogen and oxygen atoms in total. The molecule has 0 spiro atoms. The Bertz CT molecular complexity index is 1460. The third kappa shape index (κ3) is 3.39. The van der Waals surface area contributed by atoms with Crippen LogP contribution in [0.4, 0.5) is 0 Å². The molecule has 0 fully saturated rings. The van der Waals surface area contributed by atoms with E-state index in [2.05, 4.69) is 114 Å². The van der Waals surface area contributed by atoms with Gasteiger partial charge in [0.15, 0.2) is 0 Å². The molecular formula is C35H32S2. The lowest BCUT2D eigenvalue weighted by atomic mass is 9.69. The van der Waals surface area contributed by atoms with Crippen molar-refractivity contribution >= 4 is 45.3 Å². The molecule has 0 aromatic heterocycles. The third-order valence-electron chi connectivity index (χ3n) is 8.80. The summed E-state index contributed by atoms with van der Waals surface area (Å²) < 4.78 is 0. The van der Waals surface area contributed by atoms with Crippen molar-refractivity contribution < 1.29 is 0 Å². The monoisotopic (exact) mass is 516 g/mol. The maximum atomic E-state index is 5.99. The van der Waals surface area contributed by atoms with Gasteiger partial charge >= 0.3 is 0 Å². The Balaban J connectivity index is 1.67. The van der Waals surface area contributed by atoms with E-state index in [1.807, 2.05) is 0 Å². The van der Waals surface area contributed by atoms with Crippen LogP contribution >= 0.6 is 24.4 Å². The van der Waals surface area contributed by atoms with Crippen LogP contribution in [0.2, 0.25) is 0 Å². The molecule has 0 heterocycles. The lowest BCUT2D eigenvalue weighted by Crippen LogP contribution is -2.21. The molecule has 0 bridgehead atoms. The Labute approximate surface area is 231 Å². The molecular weight excluding hydrogens is 485 g/mol. The van der Waals surface area contributed by atoms with E-state index in [1.165, 1.54) is 66.9 Å². The van der Waals surface area contributed by atoms with Gasteiger partial charge in [-0.2, -0.15) is 0 Å².